The molecule has 7 heteroatoms. The second-order valence-corrected chi connectivity index (χ2v) is 7.01. The van der Waals surface area contributed by atoms with E-state index < -0.39 is 11.7 Å². The predicted molar refractivity (Wildman–Crippen MR) is 92.7 cm³/mol. The molecule has 3 nitrogen and oxygen atoms in total. The van der Waals surface area contributed by atoms with Crippen LogP contribution in [0.15, 0.2) is 24.3 Å². The van der Waals surface area contributed by atoms with E-state index in [9.17, 15) is 18.0 Å². The molecule has 1 aromatic carbocycles. The fraction of sp³-hybridized carbons (Fsp3) is 0.611. The second kappa shape index (κ2) is 7.96. The molecule has 2 aliphatic heterocycles. The Morgan fingerprint density at radius 1 is 1.28 bits per heavy atom. The minimum absolute atomic E-state index is 0. The summed E-state index contributed by atoms with van der Waals surface area (Å²) in [7, 11) is 0. The van der Waals surface area contributed by atoms with Gasteiger partial charge in [0, 0.05) is 31.1 Å². The summed E-state index contributed by atoms with van der Waals surface area (Å²) >= 11 is 0. The van der Waals surface area contributed by atoms with Crippen molar-refractivity contribution in [2.24, 2.45) is 5.92 Å². The first-order valence-electron chi connectivity index (χ1n) is 8.54. The molecular formula is C18H24ClF3N2O. The zero-order valence-electron chi connectivity index (χ0n) is 14.2. The molecule has 3 rings (SSSR count). The third-order valence-electron chi connectivity index (χ3n) is 5.05. The van der Waals surface area contributed by atoms with E-state index >= 15 is 0 Å². The van der Waals surface area contributed by atoms with Crippen LogP contribution >= 0.6 is 12.4 Å². The number of amides is 1. The van der Waals surface area contributed by atoms with E-state index in [4.69, 9.17) is 0 Å². The molecule has 2 fully saturated rings. The number of hydrogen-bond acceptors (Lipinski definition) is 2. The van der Waals surface area contributed by atoms with E-state index in [1.165, 1.54) is 12.5 Å². The number of carbonyl (C=O) groups excluding carboxylic acids is 1. The molecule has 0 aromatic heterocycles. The van der Waals surface area contributed by atoms with Crippen LogP contribution in [0.3, 0.4) is 0 Å². The SMILES string of the molecule is CC(Cc1cccc(C(F)(F)F)c1)C(=O)N1CCC2CCC(C1)N2.Cl. The van der Waals surface area contributed by atoms with Crippen molar-refractivity contribution in [3.63, 3.8) is 0 Å². The summed E-state index contributed by atoms with van der Waals surface area (Å²) in [6.07, 6.45) is -0.790. The van der Waals surface area contributed by atoms with Crippen LogP contribution in [0.5, 0.6) is 0 Å². The number of halogens is 4. The highest BCUT2D eigenvalue weighted by atomic mass is 35.5. The smallest absolute Gasteiger partial charge is 0.341 e. The standard InChI is InChI=1S/C18H23F3N2O.ClH/c1-12(9-13-3-2-4-14(10-13)18(19,20)21)17(24)23-8-7-15-5-6-16(11-23)22-15;/h2-4,10,12,15-16,22H,5-9,11H2,1H3;1H. The molecule has 3 unspecified atom stereocenters. The van der Waals surface area contributed by atoms with Gasteiger partial charge in [0.2, 0.25) is 5.91 Å². The van der Waals surface area contributed by atoms with Gasteiger partial charge in [-0.2, -0.15) is 13.2 Å². The minimum Gasteiger partial charge on any atom is -0.341 e. The highest BCUT2D eigenvalue weighted by Crippen LogP contribution is 2.30. The average molecular weight is 377 g/mol. The Bertz CT molecular complexity index is 608. The van der Waals surface area contributed by atoms with Gasteiger partial charge in [0.25, 0.3) is 0 Å². The molecule has 1 N–H and O–H groups in total. The van der Waals surface area contributed by atoms with E-state index in [1.54, 1.807) is 13.0 Å². The quantitative estimate of drug-likeness (QED) is 0.873. The van der Waals surface area contributed by atoms with Crippen molar-refractivity contribution >= 4 is 18.3 Å². The molecular weight excluding hydrogens is 353 g/mol. The Labute approximate surface area is 152 Å². The van der Waals surface area contributed by atoms with Crippen molar-refractivity contribution in [3.8, 4) is 0 Å². The maximum Gasteiger partial charge on any atom is 0.416 e. The zero-order chi connectivity index (χ0) is 17.3. The number of hydrogen-bond donors (Lipinski definition) is 1. The number of alkyl halides is 3. The molecule has 3 atom stereocenters. The summed E-state index contributed by atoms with van der Waals surface area (Å²) in [6.45, 7) is 3.25. The van der Waals surface area contributed by atoms with Gasteiger partial charge in [-0.3, -0.25) is 4.79 Å². The summed E-state index contributed by atoms with van der Waals surface area (Å²) in [4.78, 5) is 14.6. The average Bonchev–Trinajstić information content (AvgIpc) is 2.85. The molecule has 0 saturated carbocycles. The van der Waals surface area contributed by atoms with E-state index in [2.05, 4.69) is 5.32 Å². The second-order valence-electron chi connectivity index (χ2n) is 7.01. The Balaban J connectivity index is 0.00000225. The first-order chi connectivity index (χ1) is 11.3. The molecule has 0 spiro atoms. The Morgan fingerprint density at radius 2 is 2.00 bits per heavy atom. The molecule has 0 radical (unpaired) electrons. The van der Waals surface area contributed by atoms with Gasteiger partial charge >= 0.3 is 6.18 Å². The lowest BCUT2D eigenvalue weighted by Gasteiger charge is -2.27. The van der Waals surface area contributed by atoms with Crippen LogP contribution in [0.2, 0.25) is 0 Å². The highest BCUT2D eigenvalue weighted by molar-refractivity contribution is 5.85. The van der Waals surface area contributed by atoms with Gasteiger partial charge in [-0.05, 0) is 37.3 Å². The number of fused-ring (bicyclic) bond motifs is 2. The molecule has 0 aliphatic carbocycles. The first kappa shape index (κ1) is 20.0. The summed E-state index contributed by atoms with van der Waals surface area (Å²) in [5.74, 6) is -0.271. The van der Waals surface area contributed by atoms with E-state index in [0.717, 1.165) is 31.5 Å². The fourth-order valence-electron chi connectivity index (χ4n) is 3.77. The fourth-order valence-corrected chi connectivity index (χ4v) is 3.77. The Morgan fingerprint density at radius 3 is 2.72 bits per heavy atom. The summed E-state index contributed by atoms with van der Waals surface area (Å²) < 4.78 is 38.4. The van der Waals surface area contributed by atoms with Gasteiger partial charge in [0.15, 0.2) is 0 Å². The molecule has 2 heterocycles. The molecule has 140 valence electrons. The number of likely N-dealkylation sites (tertiary alicyclic amines) is 1. The number of nitrogens with one attached hydrogen (secondary N) is 1. The van der Waals surface area contributed by atoms with Crippen molar-refractivity contribution in [2.45, 2.75) is 50.9 Å². The largest absolute Gasteiger partial charge is 0.416 e. The van der Waals surface area contributed by atoms with Crippen LogP contribution in [0.25, 0.3) is 0 Å². The van der Waals surface area contributed by atoms with Crippen molar-refractivity contribution < 1.29 is 18.0 Å². The van der Waals surface area contributed by atoms with Gasteiger partial charge in [-0.15, -0.1) is 12.4 Å². The number of benzene rings is 1. The summed E-state index contributed by atoms with van der Waals surface area (Å²) in [6, 6.07) is 6.15. The van der Waals surface area contributed by atoms with E-state index in [-0.39, 0.29) is 24.2 Å². The molecule has 1 aromatic rings. The molecule has 1 amide bonds. The summed E-state index contributed by atoms with van der Waals surface area (Å²) in [5, 5.41) is 3.53. The number of rotatable bonds is 3. The minimum atomic E-state index is -4.35. The highest BCUT2D eigenvalue weighted by Gasteiger charge is 2.33. The van der Waals surface area contributed by atoms with Crippen LogP contribution in [0.4, 0.5) is 13.2 Å². The number of carbonyl (C=O) groups is 1. The lowest BCUT2D eigenvalue weighted by Crippen LogP contribution is -2.41. The topological polar surface area (TPSA) is 32.3 Å². The van der Waals surface area contributed by atoms with Crippen molar-refractivity contribution in [2.75, 3.05) is 13.1 Å². The van der Waals surface area contributed by atoms with Crippen LogP contribution in [0, 0.1) is 5.92 Å². The lowest BCUT2D eigenvalue weighted by atomic mass is 9.97. The first-order valence-corrected chi connectivity index (χ1v) is 8.54. The van der Waals surface area contributed by atoms with Gasteiger partial charge in [-0.1, -0.05) is 25.1 Å². The van der Waals surface area contributed by atoms with Crippen LogP contribution in [0.1, 0.15) is 37.3 Å². The van der Waals surface area contributed by atoms with E-state index in [1.807, 2.05) is 4.90 Å². The predicted octanol–water partition coefficient (Wildman–Crippen LogP) is 3.66. The van der Waals surface area contributed by atoms with Crippen LogP contribution in [-0.4, -0.2) is 36.0 Å². The third kappa shape index (κ3) is 4.88. The van der Waals surface area contributed by atoms with Gasteiger partial charge in [0.05, 0.1) is 5.56 Å². The molecule has 25 heavy (non-hydrogen) atoms. The van der Waals surface area contributed by atoms with Gasteiger partial charge < -0.3 is 10.2 Å². The van der Waals surface area contributed by atoms with Gasteiger partial charge in [0.1, 0.15) is 0 Å². The van der Waals surface area contributed by atoms with Crippen molar-refractivity contribution in [1.29, 1.82) is 0 Å². The Kier molecular flexibility index (Phi) is 6.38. The van der Waals surface area contributed by atoms with Crippen LogP contribution in [-0.2, 0) is 17.4 Å². The Hall–Kier alpha value is -1.27. The maximum absolute atomic E-state index is 12.8. The monoisotopic (exact) mass is 376 g/mol. The normalized spacial score (nSPS) is 24.4. The maximum atomic E-state index is 12.8. The molecule has 2 bridgehead atoms. The lowest BCUT2D eigenvalue weighted by molar-refractivity contribution is -0.137. The zero-order valence-corrected chi connectivity index (χ0v) is 15.0. The molecule has 2 aliphatic rings. The van der Waals surface area contributed by atoms with Gasteiger partial charge in [-0.25, -0.2) is 0 Å². The van der Waals surface area contributed by atoms with Crippen LogP contribution < -0.4 is 5.32 Å². The van der Waals surface area contributed by atoms with E-state index in [0.29, 0.717) is 30.6 Å². The summed E-state index contributed by atoms with van der Waals surface area (Å²) in [5.41, 5.74) is -0.101. The molecule has 2 saturated heterocycles. The van der Waals surface area contributed by atoms with Crippen molar-refractivity contribution in [3.05, 3.63) is 35.4 Å². The van der Waals surface area contributed by atoms with Crippen molar-refractivity contribution in [1.82, 2.24) is 10.2 Å². The third-order valence-corrected chi connectivity index (χ3v) is 5.05. The number of nitrogens with zero attached hydrogens (tertiary/aromatic N) is 1.